The van der Waals surface area contributed by atoms with Crippen molar-refractivity contribution < 1.29 is 4.52 Å². The lowest BCUT2D eigenvalue weighted by molar-refractivity contribution is 0.432. The minimum absolute atomic E-state index is 0.479. The van der Waals surface area contributed by atoms with Crippen LogP contribution in [0.5, 0.6) is 0 Å². The van der Waals surface area contributed by atoms with E-state index in [4.69, 9.17) is 4.52 Å². The van der Waals surface area contributed by atoms with Gasteiger partial charge >= 0.3 is 0 Å². The number of unbranched alkanes of at least 4 members (excludes halogenated alkanes) is 1. The number of anilines is 1. The Labute approximate surface area is 135 Å². The van der Waals surface area contributed by atoms with E-state index in [1.807, 2.05) is 36.4 Å². The molecule has 3 rings (SSSR count). The number of pyridine rings is 1. The fourth-order valence-corrected chi connectivity index (χ4v) is 2.26. The first kappa shape index (κ1) is 15.2. The summed E-state index contributed by atoms with van der Waals surface area (Å²) in [4.78, 5) is 8.89. The third-order valence-corrected chi connectivity index (χ3v) is 3.60. The Bertz CT molecular complexity index is 765. The fraction of sp³-hybridized carbons (Fsp3) is 0.278. The Kier molecular flexibility index (Phi) is 4.66. The van der Waals surface area contributed by atoms with Gasteiger partial charge in [0.2, 0.25) is 5.82 Å². The van der Waals surface area contributed by atoms with E-state index in [9.17, 15) is 0 Å². The molecule has 5 heteroatoms. The van der Waals surface area contributed by atoms with Crippen LogP contribution >= 0.6 is 0 Å². The molecule has 0 atom stereocenters. The number of nitrogens with zero attached hydrogens (tertiary/aromatic N) is 3. The largest absolute Gasteiger partial charge is 0.369 e. The molecule has 1 N–H and O–H groups in total. The van der Waals surface area contributed by atoms with Crippen LogP contribution in [-0.2, 0) is 0 Å². The molecule has 23 heavy (non-hydrogen) atoms. The number of benzene rings is 1. The first-order valence-corrected chi connectivity index (χ1v) is 7.88. The maximum absolute atomic E-state index is 5.44. The zero-order valence-corrected chi connectivity index (χ0v) is 13.4. The van der Waals surface area contributed by atoms with E-state index in [-0.39, 0.29) is 0 Å². The van der Waals surface area contributed by atoms with Gasteiger partial charge in [-0.1, -0.05) is 48.3 Å². The third-order valence-electron chi connectivity index (χ3n) is 3.60. The highest BCUT2D eigenvalue weighted by Gasteiger charge is 2.14. The van der Waals surface area contributed by atoms with E-state index in [1.165, 1.54) is 5.56 Å². The highest BCUT2D eigenvalue weighted by Crippen LogP contribution is 2.27. The Balaban J connectivity index is 1.87. The van der Waals surface area contributed by atoms with Gasteiger partial charge in [-0.25, -0.2) is 4.98 Å². The number of hydrogen-bond acceptors (Lipinski definition) is 5. The van der Waals surface area contributed by atoms with Crippen LogP contribution in [0, 0.1) is 6.92 Å². The summed E-state index contributed by atoms with van der Waals surface area (Å²) in [5.74, 6) is 1.84. The van der Waals surface area contributed by atoms with Crippen molar-refractivity contribution in [1.29, 1.82) is 0 Å². The van der Waals surface area contributed by atoms with Crippen LogP contribution in [-0.4, -0.2) is 21.7 Å². The van der Waals surface area contributed by atoms with Crippen LogP contribution in [0.1, 0.15) is 25.3 Å². The van der Waals surface area contributed by atoms with Gasteiger partial charge in [-0.15, -0.1) is 0 Å². The minimum atomic E-state index is 0.479. The molecule has 0 amide bonds. The highest BCUT2D eigenvalue weighted by atomic mass is 16.5. The SMILES string of the molecule is CCCCNc1ncccc1-c1nc(-c2ccc(C)cc2)no1. The Morgan fingerprint density at radius 1 is 1.13 bits per heavy atom. The van der Waals surface area contributed by atoms with Gasteiger partial charge < -0.3 is 9.84 Å². The van der Waals surface area contributed by atoms with E-state index in [1.54, 1.807) is 6.20 Å². The Morgan fingerprint density at radius 2 is 1.96 bits per heavy atom. The molecule has 0 aliphatic heterocycles. The van der Waals surface area contributed by atoms with Crippen LogP contribution in [0.2, 0.25) is 0 Å². The standard InChI is InChI=1S/C18H20N4O/c1-3-4-11-19-17-15(6-5-12-20-17)18-21-16(22-23-18)14-9-7-13(2)8-10-14/h5-10,12H,3-4,11H2,1-2H3,(H,19,20). The van der Waals surface area contributed by atoms with Crippen molar-refractivity contribution in [3.63, 3.8) is 0 Å². The molecule has 1 aromatic carbocycles. The highest BCUT2D eigenvalue weighted by molar-refractivity contribution is 5.70. The maximum Gasteiger partial charge on any atom is 0.261 e. The Morgan fingerprint density at radius 3 is 2.74 bits per heavy atom. The van der Waals surface area contributed by atoms with Gasteiger partial charge in [0.15, 0.2) is 0 Å². The average molecular weight is 308 g/mol. The molecule has 0 radical (unpaired) electrons. The van der Waals surface area contributed by atoms with E-state index in [2.05, 4.69) is 34.3 Å². The van der Waals surface area contributed by atoms with Crippen LogP contribution in [0.4, 0.5) is 5.82 Å². The molecule has 0 bridgehead atoms. The fourth-order valence-electron chi connectivity index (χ4n) is 2.26. The predicted molar refractivity (Wildman–Crippen MR) is 91.1 cm³/mol. The minimum Gasteiger partial charge on any atom is -0.369 e. The lowest BCUT2D eigenvalue weighted by Crippen LogP contribution is -2.04. The van der Waals surface area contributed by atoms with Crippen molar-refractivity contribution in [3.8, 4) is 22.8 Å². The first-order chi connectivity index (χ1) is 11.3. The van der Waals surface area contributed by atoms with Gasteiger partial charge in [0.05, 0.1) is 5.56 Å². The molecule has 0 unspecified atom stereocenters. The topological polar surface area (TPSA) is 63.8 Å². The molecule has 2 heterocycles. The molecule has 0 spiro atoms. The summed E-state index contributed by atoms with van der Waals surface area (Å²) < 4.78 is 5.44. The summed E-state index contributed by atoms with van der Waals surface area (Å²) in [7, 11) is 0. The van der Waals surface area contributed by atoms with Crippen molar-refractivity contribution in [2.24, 2.45) is 0 Å². The summed E-state index contributed by atoms with van der Waals surface area (Å²) in [5, 5.41) is 7.42. The molecule has 118 valence electrons. The summed E-state index contributed by atoms with van der Waals surface area (Å²) >= 11 is 0. The van der Waals surface area contributed by atoms with E-state index >= 15 is 0 Å². The molecule has 5 nitrogen and oxygen atoms in total. The molecule has 3 aromatic rings. The van der Waals surface area contributed by atoms with Crippen molar-refractivity contribution in [3.05, 3.63) is 48.2 Å². The molecule has 0 fully saturated rings. The number of nitrogens with one attached hydrogen (secondary N) is 1. The lowest BCUT2D eigenvalue weighted by atomic mass is 10.1. The normalized spacial score (nSPS) is 10.7. The molecule has 2 aromatic heterocycles. The zero-order chi connectivity index (χ0) is 16.1. The lowest BCUT2D eigenvalue weighted by Gasteiger charge is -2.07. The maximum atomic E-state index is 5.44. The van der Waals surface area contributed by atoms with Gasteiger partial charge in [-0.2, -0.15) is 4.98 Å². The molecular weight excluding hydrogens is 288 g/mol. The van der Waals surface area contributed by atoms with Gasteiger partial charge in [-0.3, -0.25) is 0 Å². The second-order valence-corrected chi connectivity index (χ2v) is 5.47. The molecule has 0 saturated carbocycles. The van der Waals surface area contributed by atoms with Crippen molar-refractivity contribution in [2.75, 3.05) is 11.9 Å². The second kappa shape index (κ2) is 7.05. The van der Waals surface area contributed by atoms with Crippen molar-refractivity contribution in [1.82, 2.24) is 15.1 Å². The van der Waals surface area contributed by atoms with Crippen LogP contribution in [0.3, 0.4) is 0 Å². The van der Waals surface area contributed by atoms with Crippen LogP contribution in [0.25, 0.3) is 22.8 Å². The first-order valence-electron chi connectivity index (χ1n) is 7.88. The zero-order valence-electron chi connectivity index (χ0n) is 13.4. The Hall–Kier alpha value is -2.69. The number of aryl methyl sites for hydroxylation is 1. The van der Waals surface area contributed by atoms with Crippen molar-refractivity contribution in [2.45, 2.75) is 26.7 Å². The summed E-state index contributed by atoms with van der Waals surface area (Å²) in [6.07, 6.45) is 3.98. The van der Waals surface area contributed by atoms with Crippen LogP contribution in [0.15, 0.2) is 47.1 Å². The van der Waals surface area contributed by atoms with Crippen LogP contribution < -0.4 is 5.32 Å². The third kappa shape index (κ3) is 3.56. The smallest absolute Gasteiger partial charge is 0.261 e. The van der Waals surface area contributed by atoms with Gasteiger partial charge in [0.25, 0.3) is 5.89 Å². The van der Waals surface area contributed by atoms with Gasteiger partial charge in [0.1, 0.15) is 5.82 Å². The predicted octanol–water partition coefficient (Wildman–Crippen LogP) is 4.32. The molecule has 0 aliphatic carbocycles. The molecule has 0 saturated heterocycles. The number of hydrogen-bond donors (Lipinski definition) is 1. The number of aromatic nitrogens is 3. The monoisotopic (exact) mass is 308 g/mol. The average Bonchev–Trinajstić information content (AvgIpc) is 3.06. The number of rotatable bonds is 6. The summed E-state index contributed by atoms with van der Waals surface area (Å²) in [6, 6.07) is 11.9. The van der Waals surface area contributed by atoms with E-state index < -0.39 is 0 Å². The quantitative estimate of drug-likeness (QED) is 0.687. The van der Waals surface area contributed by atoms with E-state index in [0.717, 1.165) is 36.3 Å². The summed E-state index contributed by atoms with van der Waals surface area (Å²) in [6.45, 7) is 5.08. The van der Waals surface area contributed by atoms with Crippen molar-refractivity contribution >= 4 is 5.82 Å². The second-order valence-electron chi connectivity index (χ2n) is 5.47. The van der Waals surface area contributed by atoms with Gasteiger partial charge in [-0.05, 0) is 25.5 Å². The summed E-state index contributed by atoms with van der Waals surface area (Å²) in [5.41, 5.74) is 2.97. The van der Waals surface area contributed by atoms with Gasteiger partial charge in [0, 0.05) is 18.3 Å². The van der Waals surface area contributed by atoms with E-state index in [0.29, 0.717) is 11.7 Å². The molecule has 0 aliphatic rings. The molecular formula is C18H20N4O.